The van der Waals surface area contributed by atoms with Gasteiger partial charge in [0.15, 0.2) is 0 Å². The van der Waals surface area contributed by atoms with Gasteiger partial charge in [0.1, 0.15) is 24.4 Å². The first-order valence-corrected chi connectivity index (χ1v) is 7.39. The summed E-state index contributed by atoms with van der Waals surface area (Å²) >= 11 is 5.75. The summed E-state index contributed by atoms with van der Waals surface area (Å²) in [6.45, 7) is -0.645. The number of carbonyl (C=O) groups is 1. The van der Waals surface area contributed by atoms with Crippen molar-refractivity contribution in [3.05, 3.63) is 40.6 Å². The third-order valence-corrected chi connectivity index (χ3v) is 3.72. The van der Waals surface area contributed by atoms with Gasteiger partial charge in [-0.15, -0.1) is 0 Å². The second-order valence-corrected chi connectivity index (χ2v) is 5.62. The minimum absolute atomic E-state index is 0.471. The van der Waals surface area contributed by atoms with Crippen molar-refractivity contribution in [3.63, 3.8) is 0 Å². The van der Waals surface area contributed by atoms with E-state index in [1.807, 2.05) is 0 Å². The maximum atomic E-state index is 11.3. The van der Waals surface area contributed by atoms with Crippen molar-refractivity contribution in [3.8, 4) is 0 Å². The fraction of sp³-hybridized carbons (Fsp3) is 0.400. The Morgan fingerprint density at radius 3 is 2.33 bits per heavy atom. The van der Waals surface area contributed by atoms with Gasteiger partial charge < -0.3 is 35.0 Å². The maximum absolute atomic E-state index is 11.3. The Morgan fingerprint density at radius 2 is 1.79 bits per heavy atom. The van der Waals surface area contributed by atoms with Gasteiger partial charge in [-0.2, -0.15) is 0 Å². The molecule has 132 valence electrons. The molecule has 24 heavy (non-hydrogen) atoms. The van der Waals surface area contributed by atoms with Gasteiger partial charge in [0.05, 0.1) is 6.61 Å². The van der Waals surface area contributed by atoms with Crippen molar-refractivity contribution in [2.75, 3.05) is 6.61 Å². The molecule has 1 aliphatic rings. The average Bonchev–Trinajstić information content (AvgIpc) is 2.56. The van der Waals surface area contributed by atoms with Crippen molar-refractivity contribution < 1.29 is 39.8 Å². The van der Waals surface area contributed by atoms with Gasteiger partial charge in [0.25, 0.3) is 0 Å². The number of benzene rings is 1. The second-order valence-electron chi connectivity index (χ2n) is 5.18. The van der Waals surface area contributed by atoms with E-state index in [0.29, 0.717) is 10.6 Å². The summed E-state index contributed by atoms with van der Waals surface area (Å²) in [6.07, 6.45) is -6.50. The van der Waals surface area contributed by atoms with Crippen LogP contribution in [-0.2, 0) is 14.3 Å². The van der Waals surface area contributed by atoms with Gasteiger partial charge in [0.2, 0.25) is 12.0 Å². The summed E-state index contributed by atoms with van der Waals surface area (Å²) < 4.78 is 10.2. The van der Waals surface area contributed by atoms with Gasteiger partial charge in [-0.1, -0.05) is 23.7 Å². The summed E-state index contributed by atoms with van der Waals surface area (Å²) in [4.78, 5) is 11.3. The fourth-order valence-electron chi connectivity index (χ4n) is 2.15. The number of rotatable bonds is 5. The van der Waals surface area contributed by atoms with E-state index < -0.39 is 49.0 Å². The highest BCUT2D eigenvalue weighted by Gasteiger charge is 2.45. The number of aliphatic hydroxyl groups is 4. The van der Waals surface area contributed by atoms with E-state index in [1.165, 1.54) is 6.08 Å². The van der Waals surface area contributed by atoms with Crippen molar-refractivity contribution >= 4 is 23.6 Å². The molecule has 5 atom stereocenters. The van der Waals surface area contributed by atoms with Gasteiger partial charge in [-0.25, -0.2) is 4.79 Å². The molecule has 0 spiro atoms. The third kappa shape index (κ3) is 4.23. The number of hydrogen-bond donors (Lipinski definition) is 5. The molecular weight excluding hydrogens is 344 g/mol. The lowest BCUT2D eigenvalue weighted by atomic mass is 9.99. The first-order valence-electron chi connectivity index (χ1n) is 7.01. The third-order valence-electron chi connectivity index (χ3n) is 3.47. The van der Waals surface area contributed by atoms with E-state index in [-0.39, 0.29) is 0 Å². The van der Waals surface area contributed by atoms with Crippen molar-refractivity contribution in [1.29, 1.82) is 0 Å². The lowest BCUT2D eigenvalue weighted by Crippen LogP contribution is -2.59. The van der Waals surface area contributed by atoms with Crippen molar-refractivity contribution in [2.45, 2.75) is 30.7 Å². The van der Waals surface area contributed by atoms with Crippen LogP contribution in [-0.4, -0.2) is 68.8 Å². The Morgan fingerprint density at radius 1 is 1.17 bits per heavy atom. The quantitative estimate of drug-likeness (QED) is 0.353. The highest BCUT2D eigenvalue weighted by molar-refractivity contribution is 6.30. The van der Waals surface area contributed by atoms with Crippen molar-refractivity contribution in [2.24, 2.45) is 0 Å². The fourth-order valence-corrected chi connectivity index (χ4v) is 2.27. The average molecular weight is 361 g/mol. The topological polar surface area (TPSA) is 137 Å². The first kappa shape index (κ1) is 18.7. The minimum atomic E-state index is -1.70. The van der Waals surface area contributed by atoms with Crippen LogP contribution in [0.3, 0.4) is 0 Å². The number of carboxylic acids is 1. The normalized spacial score (nSPS) is 30.9. The molecule has 1 heterocycles. The summed E-state index contributed by atoms with van der Waals surface area (Å²) in [7, 11) is 0. The molecule has 8 nitrogen and oxygen atoms in total. The highest BCUT2D eigenvalue weighted by Crippen LogP contribution is 2.24. The molecule has 5 N–H and O–H groups in total. The van der Waals surface area contributed by atoms with Gasteiger partial charge in [-0.05, 0) is 23.8 Å². The van der Waals surface area contributed by atoms with E-state index in [2.05, 4.69) is 0 Å². The molecule has 1 aromatic carbocycles. The van der Waals surface area contributed by atoms with Gasteiger partial charge >= 0.3 is 5.97 Å². The summed E-state index contributed by atoms with van der Waals surface area (Å²) in [5.74, 6) is -1.98. The van der Waals surface area contributed by atoms with Crippen LogP contribution in [0, 0.1) is 0 Å². The molecule has 0 aliphatic carbocycles. The first-order chi connectivity index (χ1) is 11.3. The zero-order valence-corrected chi connectivity index (χ0v) is 13.1. The number of halogens is 1. The summed E-state index contributed by atoms with van der Waals surface area (Å²) in [6, 6.07) is 6.23. The summed E-state index contributed by atoms with van der Waals surface area (Å²) in [5, 5.41) is 48.1. The lowest BCUT2D eigenvalue weighted by Gasteiger charge is -2.39. The molecule has 1 saturated heterocycles. The van der Waals surface area contributed by atoms with Gasteiger partial charge in [0, 0.05) is 5.02 Å². The number of carboxylic acid groups (broad SMARTS) is 1. The molecule has 2 rings (SSSR count). The molecule has 9 heteroatoms. The van der Waals surface area contributed by atoms with E-state index in [4.69, 9.17) is 26.2 Å². The van der Waals surface area contributed by atoms with Gasteiger partial charge in [-0.3, -0.25) is 0 Å². The maximum Gasteiger partial charge on any atom is 0.371 e. The number of ether oxygens (including phenoxy) is 2. The van der Waals surface area contributed by atoms with Crippen LogP contribution >= 0.6 is 11.6 Å². The molecule has 0 saturated carbocycles. The minimum Gasteiger partial charge on any atom is -0.475 e. The molecular formula is C15H17ClO8. The number of aliphatic hydroxyl groups excluding tert-OH is 4. The van der Waals surface area contributed by atoms with Crippen LogP contribution < -0.4 is 0 Å². The van der Waals surface area contributed by atoms with Crippen LogP contribution in [0.4, 0.5) is 0 Å². The molecule has 1 aliphatic heterocycles. The Bertz CT molecular complexity index is 600. The number of aliphatic carboxylic acids is 1. The van der Waals surface area contributed by atoms with E-state index in [0.717, 1.165) is 0 Å². The van der Waals surface area contributed by atoms with Crippen LogP contribution in [0.25, 0.3) is 6.08 Å². The lowest BCUT2D eigenvalue weighted by molar-refractivity contribution is -0.291. The summed E-state index contributed by atoms with van der Waals surface area (Å²) in [5.41, 5.74) is 0.474. The number of hydrogen-bond acceptors (Lipinski definition) is 7. The molecule has 1 aromatic rings. The zero-order valence-electron chi connectivity index (χ0n) is 12.3. The van der Waals surface area contributed by atoms with E-state index >= 15 is 0 Å². The second kappa shape index (κ2) is 7.93. The van der Waals surface area contributed by atoms with Crippen LogP contribution in [0.1, 0.15) is 5.56 Å². The Hall–Kier alpha value is -1.68. The molecule has 0 radical (unpaired) electrons. The molecule has 0 amide bonds. The smallest absolute Gasteiger partial charge is 0.371 e. The molecule has 0 bridgehead atoms. The molecule has 5 unspecified atom stereocenters. The Labute approximate surface area is 142 Å². The van der Waals surface area contributed by atoms with Crippen LogP contribution in [0.15, 0.2) is 30.0 Å². The monoisotopic (exact) mass is 360 g/mol. The standard InChI is InChI=1S/C15H17ClO8/c16-8-3-1-7(2-4-8)5-9(14(21)22)23-15-13(20)12(19)11(18)10(6-17)24-15/h1-5,10-13,15,17-20H,6H2,(H,21,22). The van der Waals surface area contributed by atoms with Crippen LogP contribution in [0.5, 0.6) is 0 Å². The van der Waals surface area contributed by atoms with E-state index in [1.54, 1.807) is 24.3 Å². The predicted molar refractivity (Wildman–Crippen MR) is 81.9 cm³/mol. The Kier molecular flexibility index (Phi) is 6.16. The molecule has 1 fully saturated rings. The highest BCUT2D eigenvalue weighted by atomic mass is 35.5. The SMILES string of the molecule is O=C(O)C(=Cc1ccc(Cl)cc1)OC1OC(CO)C(O)C(O)C1O. The van der Waals surface area contributed by atoms with E-state index in [9.17, 15) is 25.2 Å². The largest absolute Gasteiger partial charge is 0.475 e. The zero-order chi connectivity index (χ0) is 17.9. The van der Waals surface area contributed by atoms with Crippen molar-refractivity contribution in [1.82, 2.24) is 0 Å². The Balaban J connectivity index is 2.20. The van der Waals surface area contributed by atoms with Crippen LogP contribution in [0.2, 0.25) is 5.02 Å². The predicted octanol–water partition coefficient (Wildman–Crippen LogP) is -0.418. The molecule has 0 aromatic heterocycles.